The van der Waals surface area contributed by atoms with E-state index < -0.39 is 23.6 Å². The van der Waals surface area contributed by atoms with E-state index in [9.17, 15) is 22.8 Å². The van der Waals surface area contributed by atoms with Crippen LogP contribution in [0.4, 0.5) is 24.5 Å². The van der Waals surface area contributed by atoms with Crippen molar-refractivity contribution >= 4 is 51.7 Å². The second kappa shape index (κ2) is 7.62. The van der Waals surface area contributed by atoms with Crippen molar-refractivity contribution in [3.05, 3.63) is 87.2 Å². The molecule has 2 amide bonds. The number of nitrogens with zero attached hydrogens (tertiary/aromatic N) is 1. The minimum absolute atomic E-state index is 0.0491. The number of rotatable bonds is 4. The van der Waals surface area contributed by atoms with E-state index in [2.05, 4.69) is 5.32 Å². The summed E-state index contributed by atoms with van der Waals surface area (Å²) in [6.45, 7) is 0. The van der Waals surface area contributed by atoms with Crippen LogP contribution >= 0.6 is 22.9 Å². The molecule has 1 aliphatic heterocycles. The Labute approximate surface area is 178 Å². The summed E-state index contributed by atoms with van der Waals surface area (Å²) in [5, 5.41) is 4.91. The van der Waals surface area contributed by atoms with Crippen molar-refractivity contribution in [2.45, 2.75) is 6.18 Å². The zero-order chi connectivity index (χ0) is 21.5. The lowest BCUT2D eigenvalue weighted by Gasteiger charge is -2.15. The fraction of sp³-hybridized carbons (Fsp3) is 0.0476. The van der Waals surface area contributed by atoms with Crippen LogP contribution in [-0.2, 0) is 15.8 Å². The fourth-order valence-electron chi connectivity index (χ4n) is 3.04. The van der Waals surface area contributed by atoms with Crippen LogP contribution in [0.5, 0.6) is 0 Å². The molecule has 1 aliphatic rings. The number of alkyl halides is 3. The minimum atomic E-state index is -4.53. The van der Waals surface area contributed by atoms with Crippen molar-refractivity contribution < 1.29 is 22.8 Å². The summed E-state index contributed by atoms with van der Waals surface area (Å²) in [6.07, 6.45) is -4.53. The predicted molar refractivity (Wildman–Crippen MR) is 110 cm³/mol. The number of imide groups is 1. The summed E-state index contributed by atoms with van der Waals surface area (Å²) in [5.41, 5.74) is -0.492. The van der Waals surface area contributed by atoms with Crippen molar-refractivity contribution in [2.75, 3.05) is 10.2 Å². The van der Waals surface area contributed by atoms with E-state index in [1.165, 1.54) is 35.6 Å². The Morgan fingerprint density at radius 3 is 2.30 bits per heavy atom. The molecule has 152 valence electrons. The molecule has 1 N–H and O–H groups in total. The van der Waals surface area contributed by atoms with Gasteiger partial charge in [-0.1, -0.05) is 23.7 Å². The molecule has 30 heavy (non-hydrogen) atoms. The normalized spacial score (nSPS) is 14.6. The van der Waals surface area contributed by atoms with Gasteiger partial charge in [-0.05, 0) is 53.9 Å². The first-order valence-electron chi connectivity index (χ1n) is 8.62. The van der Waals surface area contributed by atoms with Gasteiger partial charge >= 0.3 is 6.18 Å². The smallest absolute Gasteiger partial charge is 0.350 e. The Morgan fingerprint density at radius 1 is 0.933 bits per heavy atom. The van der Waals surface area contributed by atoms with Crippen LogP contribution in [0.1, 0.15) is 10.4 Å². The third kappa shape index (κ3) is 3.71. The van der Waals surface area contributed by atoms with Gasteiger partial charge in [-0.2, -0.15) is 13.2 Å². The Kier molecular flexibility index (Phi) is 5.13. The molecule has 0 unspecified atom stereocenters. The lowest BCUT2D eigenvalue weighted by molar-refractivity contribution is -0.137. The van der Waals surface area contributed by atoms with Gasteiger partial charge in [-0.15, -0.1) is 11.3 Å². The number of thiophene rings is 1. The molecule has 3 aromatic rings. The number of carbonyl (C=O) groups is 2. The minimum Gasteiger partial charge on any atom is -0.350 e. The molecule has 2 heterocycles. The number of halogens is 4. The molecule has 9 heteroatoms. The lowest BCUT2D eigenvalue weighted by atomic mass is 10.1. The second-order valence-corrected chi connectivity index (χ2v) is 7.74. The van der Waals surface area contributed by atoms with Crippen molar-refractivity contribution in [1.29, 1.82) is 0 Å². The third-order valence-corrected chi connectivity index (χ3v) is 5.53. The first-order chi connectivity index (χ1) is 14.3. The van der Waals surface area contributed by atoms with E-state index in [4.69, 9.17) is 11.6 Å². The van der Waals surface area contributed by atoms with Gasteiger partial charge < -0.3 is 5.32 Å². The van der Waals surface area contributed by atoms with Crippen LogP contribution in [0.15, 0.2) is 71.7 Å². The highest BCUT2D eigenvalue weighted by atomic mass is 35.5. The molecule has 4 nitrogen and oxygen atoms in total. The summed E-state index contributed by atoms with van der Waals surface area (Å²) < 4.78 is 39.2. The Balaban J connectivity index is 1.77. The molecule has 0 saturated carbocycles. The zero-order valence-electron chi connectivity index (χ0n) is 15.0. The largest absolute Gasteiger partial charge is 0.416 e. The summed E-state index contributed by atoms with van der Waals surface area (Å²) in [6, 6.07) is 14.0. The molecule has 0 radical (unpaired) electrons. The van der Waals surface area contributed by atoms with E-state index in [1.54, 1.807) is 29.6 Å². The van der Waals surface area contributed by atoms with Gasteiger partial charge in [0, 0.05) is 15.6 Å². The number of hydrogen-bond donors (Lipinski definition) is 1. The quantitative estimate of drug-likeness (QED) is 0.512. The Morgan fingerprint density at radius 2 is 1.67 bits per heavy atom. The summed E-state index contributed by atoms with van der Waals surface area (Å²) in [5.74, 6) is -1.23. The van der Waals surface area contributed by atoms with Crippen molar-refractivity contribution in [2.24, 2.45) is 0 Å². The molecule has 4 rings (SSSR count). The maximum Gasteiger partial charge on any atom is 0.416 e. The average molecular weight is 449 g/mol. The first-order valence-corrected chi connectivity index (χ1v) is 9.88. The van der Waals surface area contributed by atoms with Crippen molar-refractivity contribution in [3.8, 4) is 0 Å². The van der Waals surface area contributed by atoms with Crippen LogP contribution in [0.3, 0.4) is 0 Å². The second-order valence-electron chi connectivity index (χ2n) is 6.35. The number of carbonyl (C=O) groups excluding carboxylic acids is 2. The molecule has 0 fully saturated rings. The van der Waals surface area contributed by atoms with E-state index in [1.807, 2.05) is 0 Å². The SMILES string of the molecule is O=C1C(Nc2cccc(C(F)(F)F)c2)=C(c2cccs2)C(=O)N1c1ccc(Cl)cc1. The monoisotopic (exact) mass is 448 g/mol. The van der Waals surface area contributed by atoms with E-state index in [0.29, 0.717) is 15.6 Å². The molecule has 0 aliphatic carbocycles. The number of amides is 2. The zero-order valence-corrected chi connectivity index (χ0v) is 16.6. The van der Waals surface area contributed by atoms with Crippen molar-refractivity contribution in [3.63, 3.8) is 0 Å². The van der Waals surface area contributed by atoms with E-state index in [0.717, 1.165) is 17.0 Å². The van der Waals surface area contributed by atoms with Crippen LogP contribution in [0, 0.1) is 0 Å². The number of anilines is 2. The molecule has 0 saturated heterocycles. The molecular formula is C21H12ClF3N2O2S. The summed E-state index contributed by atoms with van der Waals surface area (Å²) >= 11 is 7.14. The van der Waals surface area contributed by atoms with Gasteiger partial charge in [-0.25, -0.2) is 4.90 Å². The number of hydrogen-bond acceptors (Lipinski definition) is 4. The molecule has 0 spiro atoms. The van der Waals surface area contributed by atoms with Gasteiger partial charge in [-0.3, -0.25) is 9.59 Å². The Hall–Kier alpha value is -3.10. The third-order valence-electron chi connectivity index (χ3n) is 4.40. The highest BCUT2D eigenvalue weighted by Crippen LogP contribution is 2.37. The van der Waals surface area contributed by atoms with Gasteiger partial charge in [0.1, 0.15) is 5.70 Å². The first kappa shape index (κ1) is 20.2. The van der Waals surface area contributed by atoms with Gasteiger partial charge in [0.15, 0.2) is 0 Å². The van der Waals surface area contributed by atoms with Crippen LogP contribution in [0.25, 0.3) is 5.57 Å². The van der Waals surface area contributed by atoms with Gasteiger partial charge in [0.25, 0.3) is 11.8 Å². The molecule has 0 bridgehead atoms. The summed E-state index contributed by atoms with van der Waals surface area (Å²) in [4.78, 5) is 27.8. The summed E-state index contributed by atoms with van der Waals surface area (Å²) in [7, 11) is 0. The maximum atomic E-state index is 13.1. The van der Waals surface area contributed by atoms with Crippen LogP contribution in [0.2, 0.25) is 5.02 Å². The van der Waals surface area contributed by atoms with E-state index in [-0.39, 0.29) is 17.0 Å². The van der Waals surface area contributed by atoms with Crippen LogP contribution < -0.4 is 10.2 Å². The van der Waals surface area contributed by atoms with Gasteiger partial charge in [0.05, 0.1) is 16.8 Å². The lowest BCUT2D eigenvalue weighted by Crippen LogP contribution is -2.32. The Bertz CT molecular complexity index is 1160. The highest BCUT2D eigenvalue weighted by molar-refractivity contribution is 7.11. The molecule has 2 aromatic carbocycles. The van der Waals surface area contributed by atoms with Crippen LogP contribution in [-0.4, -0.2) is 11.8 Å². The topological polar surface area (TPSA) is 49.4 Å². The van der Waals surface area contributed by atoms with Gasteiger partial charge in [0.2, 0.25) is 0 Å². The number of benzene rings is 2. The standard InChI is InChI=1S/C21H12ClF3N2O2S/c22-13-6-8-15(9-7-13)27-19(28)17(16-5-2-10-30-16)18(20(27)29)26-14-4-1-3-12(11-14)21(23,24)25/h1-11,26H. The van der Waals surface area contributed by atoms with Crippen molar-refractivity contribution in [1.82, 2.24) is 0 Å². The maximum absolute atomic E-state index is 13.1. The fourth-order valence-corrected chi connectivity index (χ4v) is 3.93. The van der Waals surface area contributed by atoms with E-state index >= 15 is 0 Å². The number of nitrogens with one attached hydrogen (secondary N) is 1. The highest BCUT2D eigenvalue weighted by Gasteiger charge is 2.41. The molecule has 1 aromatic heterocycles. The predicted octanol–water partition coefficient (Wildman–Crippen LogP) is 5.82. The molecular weight excluding hydrogens is 437 g/mol. The average Bonchev–Trinajstić information content (AvgIpc) is 3.30. The molecule has 0 atom stereocenters.